The molecule has 0 spiro atoms. The summed E-state index contributed by atoms with van der Waals surface area (Å²) in [5.74, 6) is -0.751. The van der Waals surface area contributed by atoms with Crippen LogP contribution in [0.5, 0.6) is 0 Å². The molecule has 27 heavy (non-hydrogen) atoms. The van der Waals surface area contributed by atoms with Crippen LogP contribution in [0.3, 0.4) is 0 Å². The zero-order chi connectivity index (χ0) is 19.6. The summed E-state index contributed by atoms with van der Waals surface area (Å²) < 4.78 is 55.4. The summed E-state index contributed by atoms with van der Waals surface area (Å²) in [5.41, 5.74) is 0. The van der Waals surface area contributed by atoms with Gasteiger partial charge in [-0.3, -0.25) is 14.9 Å². The predicted molar refractivity (Wildman–Crippen MR) is 88.2 cm³/mol. The standard InChI is InChI=1S/C18H26F3NO5/c1-25-6-7-26-9-12-13(4-5-14(22-12)18(19,20)21)27-17-15(23)10-2-3-11(8-10)16(17)24/h10-14,17,22H,2-9H2,1H3. The molecule has 2 saturated carbocycles. The lowest BCUT2D eigenvalue weighted by atomic mass is 9.84. The molecule has 1 aliphatic heterocycles. The Bertz CT molecular complexity index is 534. The smallest absolute Gasteiger partial charge is 0.382 e. The number of hydrogen-bond acceptors (Lipinski definition) is 6. The third kappa shape index (κ3) is 4.70. The minimum Gasteiger partial charge on any atom is -0.382 e. The fourth-order valence-electron chi connectivity index (χ4n) is 4.29. The number of alkyl halides is 3. The van der Waals surface area contributed by atoms with Crippen LogP contribution in [-0.2, 0) is 23.8 Å². The molecule has 0 amide bonds. The van der Waals surface area contributed by atoms with Crippen molar-refractivity contribution in [2.24, 2.45) is 11.8 Å². The van der Waals surface area contributed by atoms with Crippen molar-refractivity contribution in [2.75, 3.05) is 26.9 Å². The lowest BCUT2D eigenvalue weighted by molar-refractivity contribution is -0.181. The lowest BCUT2D eigenvalue weighted by Gasteiger charge is -2.40. The van der Waals surface area contributed by atoms with Crippen molar-refractivity contribution in [3.63, 3.8) is 0 Å². The highest BCUT2D eigenvalue weighted by atomic mass is 19.4. The topological polar surface area (TPSA) is 73.9 Å². The molecule has 2 aliphatic carbocycles. The van der Waals surface area contributed by atoms with Crippen LogP contribution in [0.2, 0.25) is 0 Å². The molecule has 3 aliphatic rings. The molecule has 5 unspecified atom stereocenters. The Balaban J connectivity index is 1.65. The van der Waals surface area contributed by atoms with Gasteiger partial charge in [-0.2, -0.15) is 13.2 Å². The molecule has 0 radical (unpaired) electrons. The first-order valence-electron chi connectivity index (χ1n) is 9.43. The van der Waals surface area contributed by atoms with E-state index < -0.39 is 30.5 Å². The number of fused-ring (bicyclic) bond motifs is 2. The third-order valence-corrected chi connectivity index (χ3v) is 5.79. The Labute approximate surface area is 156 Å². The summed E-state index contributed by atoms with van der Waals surface area (Å²) in [7, 11) is 1.50. The van der Waals surface area contributed by atoms with Crippen molar-refractivity contribution in [1.82, 2.24) is 5.32 Å². The Morgan fingerprint density at radius 1 is 1.04 bits per heavy atom. The number of halogens is 3. The number of Topliss-reactive ketones (excluding diaryl/α,β-unsaturated/α-hetero) is 2. The van der Waals surface area contributed by atoms with E-state index in [1.807, 2.05) is 0 Å². The Morgan fingerprint density at radius 2 is 1.70 bits per heavy atom. The first-order valence-corrected chi connectivity index (χ1v) is 9.43. The molecule has 1 saturated heterocycles. The average Bonchev–Trinajstić information content (AvgIpc) is 3.08. The van der Waals surface area contributed by atoms with Gasteiger partial charge in [0.15, 0.2) is 17.7 Å². The number of nitrogens with one attached hydrogen (secondary N) is 1. The van der Waals surface area contributed by atoms with Crippen molar-refractivity contribution in [1.29, 1.82) is 0 Å². The molecule has 0 aromatic rings. The molecule has 2 bridgehead atoms. The number of carbonyl (C=O) groups excluding carboxylic acids is 2. The van der Waals surface area contributed by atoms with Gasteiger partial charge in [-0.15, -0.1) is 0 Å². The van der Waals surface area contributed by atoms with E-state index in [9.17, 15) is 22.8 Å². The summed E-state index contributed by atoms with van der Waals surface area (Å²) in [5, 5.41) is 2.54. The molecule has 1 N–H and O–H groups in total. The van der Waals surface area contributed by atoms with Crippen LogP contribution < -0.4 is 5.32 Å². The van der Waals surface area contributed by atoms with E-state index in [0.29, 0.717) is 25.9 Å². The second kappa shape index (κ2) is 8.55. The van der Waals surface area contributed by atoms with Gasteiger partial charge in [0.2, 0.25) is 0 Å². The summed E-state index contributed by atoms with van der Waals surface area (Å²) in [6, 6.07) is -2.40. The van der Waals surface area contributed by atoms with E-state index in [-0.39, 0.29) is 49.5 Å². The van der Waals surface area contributed by atoms with Gasteiger partial charge in [0.1, 0.15) is 6.04 Å². The monoisotopic (exact) mass is 393 g/mol. The Kier molecular flexibility index (Phi) is 6.55. The van der Waals surface area contributed by atoms with Gasteiger partial charge in [0, 0.05) is 18.9 Å². The van der Waals surface area contributed by atoms with E-state index in [4.69, 9.17) is 14.2 Å². The van der Waals surface area contributed by atoms with Crippen LogP contribution in [0.15, 0.2) is 0 Å². The molecule has 6 nitrogen and oxygen atoms in total. The molecule has 0 aromatic heterocycles. The molecular weight excluding hydrogens is 367 g/mol. The highest BCUT2D eigenvalue weighted by Crippen LogP contribution is 2.40. The number of ketones is 2. The van der Waals surface area contributed by atoms with Crippen molar-refractivity contribution >= 4 is 11.6 Å². The highest BCUT2D eigenvalue weighted by molar-refractivity contribution is 6.10. The minimum atomic E-state index is -4.37. The quantitative estimate of drug-likeness (QED) is 0.524. The largest absolute Gasteiger partial charge is 0.403 e. The Hall–Kier alpha value is -1.03. The SMILES string of the molecule is COCCOCC1NC(C(F)(F)F)CCC1OC1C(=O)C2CCC(C2)C1=O. The van der Waals surface area contributed by atoms with Crippen LogP contribution in [0.25, 0.3) is 0 Å². The van der Waals surface area contributed by atoms with E-state index >= 15 is 0 Å². The van der Waals surface area contributed by atoms with Crippen molar-refractivity contribution in [3.8, 4) is 0 Å². The molecular formula is C18H26F3NO5. The molecule has 5 atom stereocenters. The van der Waals surface area contributed by atoms with E-state index in [1.165, 1.54) is 7.11 Å². The van der Waals surface area contributed by atoms with Gasteiger partial charge >= 0.3 is 6.18 Å². The zero-order valence-electron chi connectivity index (χ0n) is 15.3. The van der Waals surface area contributed by atoms with Gasteiger partial charge in [0.25, 0.3) is 0 Å². The zero-order valence-corrected chi connectivity index (χ0v) is 15.3. The Morgan fingerprint density at radius 3 is 2.30 bits per heavy atom. The maximum Gasteiger partial charge on any atom is 0.403 e. The van der Waals surface area contributed by atoms with E-state index in [1.54, 1.807) is 0 Å². The van der Waals surface area contributed by atoms with Crippen molar-refractivity contribution < 1.29 is 37.0 Å². The van der Waals surface area contributed by atoms with Crippen LogP contribution in [0.4, 0.5) is 13.2 Å². The van der Waals surface area contributed by atoms with Crippen molar-refractivity contribution in [2.45, 2.75) is 62.6 Å². The van der Waals surface area contributed by atoms with Gasteiger partial charge in [-0.1, -0.05) is 0 Å². The minimum absolute atomic E-state index is 0.0113. The second-order valence-electron chi connectivity index (χ2n) is 7.58. The molecule has 9 heteroatoms. The molecule has 0 aromatic carbocycles. The number of carbonyl (C=O) groups is 2. The lowest BCUT2D eigenvalue weighted by Crippen LogP contribution is -2.60. The van der Waals surface area contributed by atoms with Crippen LogP contribution >= 0.6 is 0 Å². The van der Waals surface area contributed by atoms with Gasteiger partial charge in [0.05, 0.1) is 32.0 Å². The maximum atomic E-state index is 13.1. The van der Waals surface area contributed by atoms with Gasteiger partial charge in [-0.25, -0.2) is 0 Å². The number of piperidine rings is 1. The molecule has 1 heterocycles. The summed E-state index contributed by atoms with van der Waals surface area (Å²) >= 11 is 0. The summed E-state index contributed by atoms with van der Waals surface area (Å²) in [6.07, 6.45) is -4.28. The highest BCUT2D eigenvalue weighted by Gasteiger charge is 2.50. The fraction of sp³-hybridized carbons (Fsp3) is 0.889. The first-order chi connectivity index (χ1) is 12.8. The second-order valence-corrected chi connectivity index (χ2v) is 7.58. The normalized spacial score (nSPS) is 37.0. The van der Waals surface area contributed by atoms with Gasteiger partial charge < -0.3 is 14.2 Å². The maximum absolute atomic E-state index is 13.1. The van der Waals surface area contributed by atoms with E-state index in [0.717, 1.165) is 0 Å². The molecule has 3 fully saturated rings. The number of methoxy groups -OCH3 is 1. The van der Waals surface area contributed by atoms with E-state index in [2.05, 4.69) is 5.32 Å². The van der Waals surface area contributed by atoms with Crippen LogP contribution in [-0.4, -0.2) is 69.0 Å². The number of hydrogen-bond donors (Lipinski definition) is 1. The summed E-state index contributed by atoms with van der Waals surface area (Å²) in [6.45, 7) is 0.552. The van der Waals surface area contributed by atoms with Crippen molar-refractivity contribution in [3.05, 3.63) is 0 Å². The first kappa shape index (κ1) is 20.7. The summed E-state index contributed by atoms with van der Waals surface area (Å²) in [4.78, 5) is 25.0. The average molecular weight is 393 g/mol. The fourth-order valence-corrected chi connectivity index (χ4v) is 4.29. The van der Waals surface area contributed by atoms with Crippen LogP contribution in [0.1, 0.15) is 32.1 Å². The van der Waals surface area contributed by atoms with Gasteiger partial charge in [-0.05, 0) is 32.1 Å². The predicted octanol–water partition coefficient (Wildman–Crippen LogP) is 1.65. The third-order valence-electron chi connectivity index (χ3n) is 5.79. The number of ether oxygens (including phenoxy) is 3. The molecule has 3 rings (SSSR count). The van der Waals surface area contributed by atoms with Crippen LogP contribution in [0, 0.1) is 11.8 Å². The number of rotatable bonds is 7. The molecule has 154 valence electrons.